The van der Waals surface area contributed by atoms with Crippen molar-refractivity contribution in [1.82, 2.24) is 0 Å². The number of carbonyl (C=O) groups is 1. The minimum atomic E-state index is -0.788. The standard InChI is InChI=1S/C19H18Br2F2O2/c20-9-3-1-2-4-10-25-18-12-16(22)15(11-17(18)23)19(24)13-5-7-14(21)8-6-13/h5-8,11-12H,1-4,9-10H2. The highest BCUT2D eigenvalue weighted by atomic mass is 79.9. The van der Waals surface area contributed by atoms with Gasteiger partial charge in [0.15, 0.2) is 17.3 Å². The number of rotatable bonds is 9. The molecule has 0 aromatic heterocycles. The smallest absolute Gasteiger partial charge is 0.196 e. The molecule has 0 saturated heterocycles. The first-order chi connectivity index (χ1) is 12.0. The molecule has 134 valence electrons. The molecule has 0 aliphatic rings. The second kappa shape index (κ2) is 10.0. The quantitative estimate of drug-likeness (QED) is 0.242. The third-order valence-corrected chi connectivity index (χ3v) is 4.75. The Morgan fingerprint density at radius 2 is 1.64 bits per heavy atom. The van der Waals surface area contributed by atoms with Crippen molar-refractivity contribution in [2.24, 2.45) is 0 Å². The molecule has 0 aliphatic heterocycles. The van der Waals surface area contributed by atoms with Crippen LogP contribution in [0, 0.1) is 11.6 Å². The van der Waals surface area contributed by atoms with Gasteiger partial charge < -0.3 is 4.74 Å². The highest BCUT2D eigenvalue weighted by Crippen LogP contribution is 2.24. The molecule has 25 heavy (non-hydrogen) atoms. The Kier molecular flexibility index (Phi) is 8.03. The van der Waals surface area contributed by atoms with Crippen molar-refractivity contribution < 1.29 is 18.3 Å². The third-order valence-electron chi connectivity index (χ3n) is 3.66. The van der Waals surface area contributed by atoms with Gasteiger partial charge in [-0.05, 0) is 43.2 Å². The number of carbonyl (C=O) groups excluding carboxylic acids is 1. The van der Waals surface area contributed by atoms with Crippen LogP contribution in [0.5, 0.6) is 5.75 Å². The maximum atomic E-state index is 14.2. The van der Waals surface area contributed by atoms with Crippen molar-refractivity contribution in [1.29, 1.82) is 0 Å². The average molecular weight is 476 g/mol. The van der Waals surface area contributed by atoms with Gasteiger partial charge in [-0.25, -0.2) is 8.78 Å². The van der Waals surface area contributed by atoms with Crippen LogP contribution < -0.4 is 4.74 Å². The van der Waals surface area contributed by atoms with Gasteiger partial charge in [-0.1, -0.05) is 44.7 Å². The van der Waals surface area contributed by atoms with E-state index in [1.807, 2.05) is 0 Å². The van der Waals surface area contributed by atoms with Gasteiger partial charge in [-0.3, -0.25) is 4.79 Å². The van der Waals surface area contributed by atoms with Crippen LogP contribution in [-0.4, -0.2) is 17.7 Å². The first-order valence-electron chi connectivity index (χ1n) is 8.01. The Morgan fingerprint density at radius 1 is 0.960 bits per heavy atom. The normalized spacial score (nSPS) is 10.7. The Balaban J connectivity index is 2.03. The molecular weight excluding hydrogens is 458 g/mol. The van der Waals surface area contributed by atoms with Gasteiger partial charge in [0.05, 0.1) is 12.2 Å². The summed E-state index contributed by atoms with van der Waals surface area (Å²) in [5, 5.41) is 0.960. The molecule has 0 spiro atoms. The van der Waals surface area contributed by atoms with E-state index in [2.05, 4.69) is 31.9 Å². The van der Waals surface area contributed by atoms with Crippen molar-refractivity contribution in [3.05, 3.63) is 63.6 Å². The summed E-state index contributed by atoms with van der Waals surface area (Å²) in [6, 6.07) is 8.31. The molecule has 2 nitrogen and oxygen atoms in total. The molecule has 0 N–H and O–H groups in total. The van der Waals surface area contributed by atoms with Crippen LogP contribution in [0.2, 0.25) is 0 Å². The van der Waals surface area contributed by atoms with Crippen LogP contribution in [0.25, 0.3) is 0 Å². The summed E-state index contributed by atoms with van der Waals surface area (Å²) in [5.41, 5.74) is -0.00791. The fourth-order valence-electron chi connectivity index (χ4n) is 2.30. The van der Waals surface area contributed by atoms with Crippen molar-refractivity contribution >= 4 is 37.6 Å². The number of hydrogen-bond donors (Lipinski definition) is 0. The van der Waals surface area contributed by atoms with Crippen LogP contribution in [0.15, 0.2) is 40.9 Å². The summed E-state index contributed by atoms with van der Waals surface area (Å²) in [6.45, 7) is 0.318. The van der Waals surface area contributed by atoms with E-state index in [0.717, 1.165) is 47.6 Å². The third kappa shape index (κ3) is 5.89. The zero-order valence-electron chi connectivity index (χ0n) is 13.5. The summed E-state index contributed by atoms with van der Waals surface area (Å²) in [7, 11) is 0. The van der Waals surface area contributed by atoms with Crippen molar-refractivity contribution in [2.45, 2.75) is 25.7 Å². The van der Waals surface area contributed by atoms with Gasteiger partial charge in [-0.15, -0.1) is 0 Å². The van der Waals surface area contributed by atoms with E-state index in [0.29, 0.717) is 12.2 Å². The Bertz CT molecular complexity index is 718. The fraction of sp³-hybridized carbons (Fsp3) is 0.316. The van der Waals surface area contributed by atoms with Crippen molar-refractivity contribution in [3.63, 3.8) is 0 Å². The predicted molar refractivity (Wildman–Crippen MR) is 102 cm³/mol. The maximum absolute atomic E-state index is 14.2. The van der Waals surface area contributed by atoms with Crippen molar-refractivity contribution in [2.75, 3.05) is 11.9 Å². The number of benzene rings is 2. The molecule has 0 unspecified atom stereocenters. The molecule has 0 aliphatic carbocycles. The molecule has 2 aromatic rings. The van der Waals surface area contributed by atoms with Gasteiger partial charge >= 0.3 is 0 Å². The second-order valence-corrected chi connectivity index (χ2v) is 7.26. The van der Waals surface area contributed by atoms with E-state index >= 15 is 0 Å². The van der Waals surface area contributed by atoms with E-state index in [4.69, 9.17) is 4.74 Å². The predicted octanol–water partition coefficient (Wildman–Crippen LogP) is 6.29. The summed E-state index contributed by atoms with van der Waals surface area (Å²) in [4.78, 5) is 12.3. The lowest BCUT2D eigenvalue weighted by atomic mass is 10.0. The molecule has 0 saturated carbocycles. The van der Waals surface area contributed by atoms with Gasteiger partial charge in [-0.2, -0.15) is 0 Å². The van der Waals surface area contributed by atoms with E-state index in [-0.39, 0.29) is 11.3 Å². The molecule has 0 amide bonds. The SMILES string of the molecule is O=C(c1ccc(Br)cc1)c1cc(F)c(OCCCCCCBr)cc1F. The summed E-state index contributed by atoms with van der Waals surface area (Å²) in [5.74, 6) is -2.25. The maximum Gasteiger partial charge on any atom is 0.196 e. The zero-order valence-corrected chi connectivity index (χ0v) is 16.7. The Hall–Kier alpha value is -1.27. The molecule has 0 bridgehead atoms. The lowest BCUT2D eigenvalue weighted by molar-refractivity contribution is 0.103. The van der Waals surface area contributed by atoms with Crippen molar-refractivity contribution in [3.8, 4) is 5.75 Å². The number of hydrogen-bond acceptors (Lipinski definition) is 2. The molecular formula is C19H18Br2F2O2. The first kappa shape index (κ1) is 20.0. The summed E-state index contributed by atoms with van der Waals surface area (Å²) >= 11 is 6.62. The molecule has 2 aromatic carbocycles. The lowest BCUT2D eigenvalue weighted by Crippen LogP contribution is -2.07. The van der Waals surface area contributed by atoms with Gasteiger partial charge in [0.1, 0.15) is 5.82 Å². The highest BCUT2D eigenvalue weighted by molar-refractivity contribution is 9.10. The molecule has 6 heteroatoms. The van der Waals surface area contributed by atoms with Crippen LogP contribution in [0.4, 0.5) is 8.78 Å². The van der Waals surface area contributed by atoms with E-state index in [1.165, 1.54) is 0 Å². The number of ether oxygens (including phenoxy) is 1. The number of unbranched alkanes of at least 4 members (excludes halogenated alkanes) is 3. The van der Waals surface area contributed by atoms with Gasteiger partial charge in [0.25, 0.3) is 0 Å². The molecule has 0 atom stereocenters. The fourth-order valence-corrected chi connectivity index (χ4v) is 2.96. The van der Waals surface area contributed by atoms with Crippen LogP contribution in [0.3, 0.4) is 0 Å². The van der Waals surface area contributed by atoms with E-state index < -0.39 is 17.4 Å². The van der Waals surface area contributed by atoms with Crippen LogP contribution >= 0.6 is 31.9 Å². The highest BCUT2D eigenvalue weighted by Gasteiger charge is 2.18. The number of alkyl halides is 1. The number of ketones is 1. The largest absolute Gasteiger partial charge is 0.490 e. The number of halogens is 4. The average Bonchev–Trinajstić information content (AvgIpc) is 2.60. The Labute approximate surface area is 162 Å². The van der Waals surface area contributed by atoms with Gasteiger partial charge in [0.2, 0.25) is 0 Å². The molecule has 0 heterocycles. The minimum absolute atomic E-state index is 0.162. The zero-order chi connectivity index (χ0) is 18.2. The lowest BCUT2D eigenvalue weighted by Gasteiger charge is -2.10. The first-order valence-corrected chi connectivity index (χ1v) is 9.92. The van der Waals surface area contributed by atoms with E-state index in [1.54, 1.807) is 24.3 Å². The molecule has 0 fully saturated rings. The summed E-state index contributed by atoms with van der Waals surface area (Å²) in [6.07, 6.45) is 3.88. The minimum Gasteiger partial charge on any atom is -0.490 e. The summed E-state index contributed by atoms with van der Waals surface area (Å²) < 4.78 is 34.5. The molecule has 2 rings (SSSR count). The van der Waals surface area contributed by atoms with E-state index in [9.17, 15) is 13.6 Å². The monoisotopic (exact) mass is 474 g/mol. The topological polar surface area (TPSA) is 26.3 Å². The van der Waals surface area contributed by atoms with Gasteiger partial charge in [0, 0.05) is 21.4 Å². The second-order valence-electron chi connectivity index (χ2n) is 5.55. The van der Waals surface area contributed by atoms with Crippen LogP contribution in [0.1, 0.15) is 41.6 Å². The van der Waals surface area contributed by atoms with Crippen LogP contribution in [-0.2, 0) is 0 Å². The Morgan fingerprint density at radius 3 is 2.32 bits per heavy atom. The molecule has 0 radical (unpaired) electrons.